The number of nitrogens with one attached hydrogen (secondary N) is 1. The minimum absolute atomic E-state index is 0.145. The quantitative estimate of drug-likeness (QED) is 0.862. The van der Waals surface area contributed by atoms with Crippen LogP contribution in [0.15, 0.2) is 54.6 Å². The number of fused-ring (bicyclic) bond motifs is 1. The number of ether oxygens (including phenoxy) is 1. The second-order valence-corrected chi connectivity index (χ2v) is 5.91. The van der Waals surface area contributed by atoms with E-state index in [2.05, 4.69) is 36.5 Å². The summed E-state index contributed by atoms with van der Waals surface area (Å²) in [6, 6.07) is 18.3. The van der Waals surface area contributed by atoms with Gasteiger partial charge in [-0.1, -0.05) is 42.5 Å². The number of carbonyl (C=O) groups is 1. The number of benzene rings is 2. The molecule has 0 unspecified atom stereocenters. The first kappa shape index (κ1) is 14.8. The molecule has 3 nitrogen and oxygen atoms in total. The number of carbonyl (C=O) groups excluding carboxylic acids is 1. The molecule has 3 heteroatoms. The Morgan fingerprint density at radius 2 is 1.68 bits per heavy atom. The summed E-state index contributed by atoms with van der Waals surface area (Å²) in [4.78, 5) is 11.9. The Kier molecular flexibility index (Phi) is 4.54. The lowest BCUT2D eigenvalue weighted by molar-refractivity contribution is 0.0467. The van der Waals surface area contributed by atoms with Crippen LogP contribution in [-0.4, -0.2) is 24.7 Å². The molecule has 0 radical (unpaired) electrons. The number of rotatable bonds is 5. The van der Waals surface area contributed by atoms with E-state index < -0.39 is 0 Å². The molecule has 1 atom stereocenters. The fourth-order valence-electron chi connectivity index (χ4n) is 2.99. The van der Waals surface area contributed by atoms with Gasteiger partial charge in [-0.2, -0.15) is 0 Å². The molecule has 0 saturated carbocycles. The zero-order valence-corrected chi connectivity index (χ0v) is 12.8. The fourth-order valence-corrected chi connectivity index (χ4v) is 2.99. The summed E-state index contributed by atoms with van der Waals surface area (Å²) in [6.07, 6.45) is 2.10. The van der Waals surface area contributed by atoms with Crippen LogP contribution >= 0.6 is 0 Å². The average Bonchev–Trinajstić information content (AvgIpc) is 2.95. The van der Waals surface area contributed by atoms with Crippen LogP contribution in [0.2, 0.25) is 0 Å². The maximum Gasteiger partial charge on any atom is 0.338 e. The van der Waals surface area contributed by atoms with Gasteiger partial charge in [-0.15, -0.1) is 0 Å². The first-order chi connectivity index (χ1) is 10.7. The zero-order valence-electron chi connectivity index (χ0n) is 12.8. The van der Waals surface area contributed by atoms with E-state index >= 15 is 0 Å². The third-order valence-corrected chi connectivity index (χ3v) is 4.05. The van der Waals surface area contributed by atoms with Crippen molar-refractivity contribution in [3.8, 4) is 0 Å². The van der Waals surface area contributed by atoms with Gasteiger partial charge in [-0.05, 0) is 43.0 Å². The van der Waals surface area contributed by atoms with Crippen molar-refractivity contribution >= 4 is 5.97 Å². The highest BCUT2D eigenvalue weighted by Crippen LogP contribution is 2.21. The van der Waals surface area contributed by atoms with Crippen molar-refractivity contribution in [3.63, 3.8) is 0 Å². The molecule has 2 aromatic rings. The largest absolute Gasteiger partial charge is 0.460 e. The highest BCUT2D eigenvalue weighted by molar-refractivity contribution is 5.89. The van der Waals surface area contributed by atoms with Crippen LogP contribution in [0.25, 0.3) is 0 Å². The van der Waals surface area contributed by atoms with E-state index in [1.165, 1.54) is 11.1 Å². The van der Waals surface area contributed by atoms with Gasteiger partial charge < -0.3 is 10.1 Å². The minimum atomic E-state index is -0.260. The molecule has 0 heterocycles. The molecule has 2 aromatic carbocycles. The maximum atomic E-state index is 11.9. The van der Waals surface area contributed by atoms with Gasteiger partial charge in [0.15, 0.2) is 0 Å². The summed E-state index contributed by atoms with van der Waals surface area (Å²) < 4.78 is 5.38. The normalized spacial score (nSPS) is 15.3. The van der Waals surface area contributed by atoms with Crippen molar-refractivity contribution < 1.29 is 9.53 Å². The van der Waals surface area contributed by atoms with Crippen LogP contribution in [0.5, 0.6) is 0 Å². The highest BCUT2D eigenvalue weighted by atomic mass is 16.5. The van der Waals surface area contributed by atoms with E-state index in [4.69, 9.17) is 4.74 Å². The Morgan fingerprint density at radius 3 is 2.32 bits per heavy atom. The van der Waals surface area contributed by atoms with Crippen LogP contribution in [-0.2, 0) is 17.6 Å². The van der Waals surface area contributed by atoms with E-state index in [-0.39, 0.29) is 12.0 Å². The van der Waals surface area contributed by atoms with Crippen molar-refractivity contribution in [2.24, 2.45) is 0 Å². The van der Waals surface area contributed by atoms with E-state index in [1.54, 1.807) is 12.1 Å². The van der Waals surface area contributed by atoms with Gasteiger partial charge in [-0.3, -0.25) is 0 Å². The van der Waals surface area contributed by atoms with E-state index in [0.29, 0.717) is 18.2 Å². The van der Waals surface area contributed by atoms with Crippen LogP contribution in [0.4, 0.5) is 0 Å². The monoisotopic (exact) mass is 295 g/mol. The standard InChI is InChI=1S/C19H21NO2/c1-14(13-22-19(21)15-7-3-2-4-8-15)20-18-11-16-9-5-6-10-17(16)12-18/h2-10,14,18,20H,11-13H2,1H3/t14-/m0/s1. The molecule has 3 rings (SSSR count). The first-order valence-electron chi connectivity index (χ1n) is 7.77. The van der Waals surface area contributed by atoms with Crippen molar-refractivity contribution in [1.29, 1.82) is 0 Å². The summed E-state index contributed by atoms with van der Waals surface area (Å²) >= 11 is 0. The van der Waals surface area contributed by atoms with E-state index in [9.17, 15) is 4.79 Å². The Morgan fingerprint density at radius 1 is 1.09 bits per heavy atom. The lowest BCUT2D eigenvalue weighted by Crippen LogP contribution is -2.40. The second-order valence-electron chi connectivity index (χ2n) is 5.91. The van der Waals surface area contributed by atoms with Crippen LogP contribution in [0, 0.1) is 0 Å². The molecule has 0 bridgehead atoms. The van der Waals surface area contributed by atoms with E-state index in [1.807, 2.05) is 18.2 Å². The van der Waals surface area contributed by atoms with E-state index in [0.717, 1.165) is 12.8 Å². The molecular formula is C19H21NO2. The highest BCUT2D eigenvalue weighted by Gasteiger charge is 2.22. The summed E-state index contributed by atoms with van der Waals surface area (Å²) in [5, 5.41) is 3.56. The van der Waals surface area contributed by atoms with Crippen molar-refractivity contribution in [2.75, 3.05) is 6.61 Å². The van der Waals surface area contributed by atoms with Crippen LogP contribution in [0.3, 0.4) is 0 Å². The molecule has 114 valence electrons. The Bertz CT molecular complexity index is 614. The molecule has 0 saturated heterocycles. The number of esters is 1. The fraction of sp³-hybridized carbons (Fsp3) is 0.316. The van der Waals surface area contributed by atoms with Gasteiger partial charge in [0.2, 0.25) is 0 Å². The first-order valence-corrected chi connectivity index (χ1v) is 7.77. The number of hydrogen-bond donors (Lipinski definition) is 1. The smallest absolute Gasteiger partial charge is 0.338 e. The van der Waals surface area contributed by atoms with Gasteiger partial charge in [-0.25, -0.2) is 4.79 Å². The second kappa shape index (κ2) is 6.75. The van der Waals surface area contributed by atoms with Gasteiger partial charge in [0.25, 0.3) is 0 Å². The molecule has 0 amide bonds. The van der Waals surface area contributed by atoms with Gasteiger partial charge in [0.05, 0.1) is 5.56 Å². The summed E-state index contributed by atoms with van der Waals surface area (Å²) in [5.74, 6) is -0.260. The molecule has 22 heavy (non-hydrogen) atoms. The van der Waals surface area contributed by atoms with Crippen molar-refractivity contribution in [3.05, 3.63) is 71.3 Å². The molecule has 1 aliphatic carbocycles. The maximum absolute atomic E-state index is 11.9. The summed E-state index contributed by atoms with van der Waals surface area (Å²) in [7, 11) is 0. The molecule has 0 spiro atoms. The van der Waals surface area contributed by atoms with Gasteiger partial charge >= 0.3 is 5.97 Å². The predicted molar refractivity (Wildman–Crippen MR) is 87.0 cm³/mol. The topological polar surface area (TPSA) is 38.3 Å². The molecular weight excluding hydrogens is 274 g/mol. The van der Waals surface area contributed by atoms with Crippen molar-refractivity contribution in [2.45, 2.75) is 31.8 Å². The predicted octanol–water partition coefficient (Wildman–Crippen LogP) is 2.99. The summed E-state index contributed by atoms with van der Waals surface area (Å²) in [5.41, 5.74) is 3.45. The van der Waals surface area contributed by atoms with Crippen LogP contribution in [0.1, 0.15) is 28.4 Å². The number of hydrogen-bond acceptors (Lipinski definition) is 3. The third kappa shape index (κ3) is 3.55. The summed E-state index contributed by atoms with van der Waals surface area (Å²) in [6.45, 7) is 2.45. The lowest BCUT2D eigenvalue weighted by Gasteiger charge is -2.19. The van der Waals surface area contributed by atoms with Crippen LogP contribution < -0.4 is 5.32 Å². The lowest BCUT2D eigenvalue weighted by atomic mass is 10.1. The Labute approximate surface area is 131 Å². The Balaban J connectivity index is 1.46. The molecule has 0 fully saturated rings. The SMILES string of the molecule is C[C@@H](COC(=O)c1ccccc1)NC1Cc2ccccc2C1. The molecule has 0 aromatic heterocycles. The van der Waals surface area contributed by atoms with Crippen molar-refractivity contribution in [1.82, 2.24) is 5.32 Å². The minimum Gasteiger partial charge on any atom is -0.460 e. The molecule has 1 N–H and O–H groups in total. The van der Waals surface area contributed by atoms with Gasteiger partial charge in [0, 0.05) is 12.1 Å². The molecule has 1 aliphatic rings. The zero-order chi connectivity index (χ0) is 15.4. The molecule has 0 aliphatic heterocycles. The average molecular weight is 295 g/mol. The third-order valence-electron chi connectivity index (χ3n) is 4.05. The Hall–Kier alpha value is -2.13. The van der Waals surface area contributed by atoms with Gasteiger partial charge in [0.1, 0.15) is 6.61 Å².